The Hall–Kier alpha value is -2.37. The zero-order valence-corrected chi connectivity index (χ0v) is 16.5. The molecule has 0 aliphatic rings. The van der Waals surface area contributed by atoms with E-state index in [0.29, 0.717) is 12.8 Å². The van der Waals surface area contributed by atoms with Crippen LogP contribution in [0.2, 0.25) is 0 Å². The van der Waals surface area contributed by atoms with E-state index in [0.717, 1.165) is 16.7 Å². The monoisotopic (exact) mass is 362 g/mol. The first-order chi connectivity index (χ1) is 12.1. The number of ether oxygens (including phenoxy) is 1. The van der Waals surface area contributed by atoms with Crippen LogP contribution in [0.3, 0.4) is 0 Å². The van der Waals surface area contributed by atoms with Crippen LogP contribution in [0.25, 0.3) is 0 Å². The van der Waals surface area contributed by atoms with E-state index in [1.165, 1.54) is 14.0 Å². The highest BCUT2D eigenvalue weighted by atomic mass is 16.5. The van der Waals surface area contributed by atoms with E-state index in [9.17, 15) is 14.4 Å². The maximum absolute atomic E-state index is 12.7. The largest absolute Gasteiger partial charge is 0.467 e. The summed E-state index contributed by atoms with van der Waals surface area (Å²) in [5, 5.41) is 5.41. The maximum Gasteiger partial charge on any atom is 0.328 e. The Morgan fingerprint density at radius 1 is 1.04 bits per heavy atom. The number of esters is 1. The second-order valence-electron chi connectivity index (χ2n) is 7.04. The molecule has 1 rings (SSSR count). The molecule has 2 amide bonds. The van der Waals surface area contributed by atoms with Crippen LogP contribution in [0, 0.1) is 19.8 Å². The van der Waals surface area contributed by atoms with E-state index >= 15 is 0 Å². The second-order valence-corrected chi connectivity index (χ2v) is 7.04. The Morgan fingerprint density at radius 3 is 2.08 bits per heavy atom. The van der Waals surface area contributed by atoms with Crippen LogP contribution in [0.5, 0.6) is 0 Å². The van der Waals surface area contributed by atoms with Gasteiger partial charge in [0.25, 0.3) is 0 Å². The average molecular weight is 362 g/mol. The van der Waals surface area contributed by atoms with Gasteiger partial charge in [0.1, 0.15) is 12.1 Å². The fourth-order valence-corrected chi connectivity index (χ4v) is 2.93. The first-order valence-electron chi connectivity index (χ1n) is 8.86. The summed E-state index contributed by atoms with van der Waals surface area (Å²) in [7, 11) is 1.30. The van der Waals surface area contributed by atoms with Gasteiger partial charge < -0.3 is 15.4 Å². The molecule has 6 heteroatoms. The van der Waals surface area contributed by atoms with Gasteiger partial charge in [-0.15, -0.1) is 0 Å². The standard InChI is InChI=1S/C20H30N2O4/c1-12(2)10-17(21-15(5)23)19(24)22-18(20(25)26-6)11-16-13(3)8-7-9-14(16)4/h7-9,12,17-18H,10-11H2,1-6H3,(H,21,23)(H,22,24)/t17-,18-/m0/s1. The normalized spacial score (nSPS) is 13.0. The Kier molecular flexibility index (Phi) is 8.29. The van der Waals surface area contributed by atoms with Crippen molar-refractivity contribution in [3.05, 3.63) is 34.9 Å². The van der Waals surface area contributed by atoms with E-state index in [4.69, 9.17) is 4.74 Å². The summed E-state index contributed by atoms with van der Waals surface area (Å²) in [6, 6.07) is 4.40. The maximum atomic E-state index is 12.7. The zero-order chi connectivity index (χ0) is 19.9. The molecule has 0 saturated carbocycles. The summed E-state index contributed by atoms with van der Waals surface area (Å²) in [5.74, 6) is -0.953. The molecule has 144 valence electrons. The number of carbonyl (C=O) groups excluding carboxylic acids is 3. The first kappa shape index (κ1) is 21.7. The van der Waals surface area contributed by atoms with Crippen LogP contribution in [0.15, 0.2) is 18.2 Å². The number of rotatable bonds is 8. The molecule has 0 heterocycles. The van der Waals surface area contributed by atoms with E-state index < -0.39 is 18.1 Å². The predicted octanol–water partition coefficient (Wildman–Crippen LogP) is 2.05. The third-order valence-corrected chi connectivity index (χ3v) is 4.26. The Balaban J connectivity index is 3.00. The van der Waals surface area contributed by atoms with E-state index in [1.54, 1.807) is 0 Å². The number of hydrogen-bond acceptors (Lipinski definition) is 4. The first-order valence-corrected chi connectivity index (χ1v) is 8.86. The van der Waals surface area contributed by atoms with Crippen molar-refractivity contribution in [3.8, 4) is 0 Å². The molecular weight excluding hydrogens is 332 g/mol. The molecule has 0 spiro atoms. The van der Waals surface area contributed by atoms with Crippen LogP contribution < -0.4 is 10.6 Å². The lowest BCUT2D eigenvalue weighted by Crippen LogP contribution is -2.52. The van der Waals surface area contributed by atoms with Crippen molar-refractivity contribution < 1.29 is 19.1 Å². The van der Waals surface area contributed by atoms with Gasteiger partial charge in [-0.3, -0.25) is 9.59 Å². The number of amides is 2. The molecule has 0 fully saturated rings. The third-order valence-electron chi connectivity index (χ3n) is 4.26. The van der Waals surface area contributed by atoms with Gasteiger partial charge in [0.05, 0.1) is 7.11 Å². The van der Waals surface area contributed by atoms with Gasteiger partial charge in [0.15, 0.2) is 0 Å². The molecule has 0 aromatic heterocycles. The van der Waals surface area contributed by atoms with Gasteiger partial charge in [0, 0.05) is 13.3 Å². The van der Waals surface area contributed by atoms with Crippen molar-refractivity contribution in [2.45, 2.75) is 59.5 Å². The van der Waals surface area contributed by atoms with Crippen LogP contribution in [-0.2, 0) is 25.5 Å². The van der Waals surface area contributed by atoms with Gasteiger partial charge in [-0.2, -0.15) is 0 Å². The van der Waals surface area contributed by atoms with Gasteiger partial charge in [-0.25, -0.2) is 4.79 Å². The second kappa shape index (κ2) is 9.94. The number of methoxy groups -OCH3 is 1. The lowest BCUT2D eigenvalue weighted by molar-refractivity contribution is -0.145. The quantitative estimate of drug-likeness (QED) is 0.693. The lowest BCUT2D eigenvalue weighted by atomic mass is 9.96. The van der Waals surface area contributed by atoms with Gasteiger partial charge in [-0.1, -0.05) is 32.0 Å². The molecule has 2 N–H and O–H groups in total. The number of nitrogens with one attached hydrogen (secondary N) is 2. The molecule has 0 saturated heterocycles. The molecule has 26 heavy (non-hydrogen) atoms. The molecule has 0 radical (unpaired) electrons. The van der Waals surface area contributed by atoms with Crippen molar-refractivity contribution >= 4 is 17.8 Å². The molecule has 6 nitrogen and oxygen atoms in total. The fraction of sp³-hybridized carbons (Fsp3) is 0.550. The summed E-state index contributed by atoms with van der Waals surface area (Å²) in [5.41, 5.74) is 3.10. The number of aryl methyl sites for hydroxylation is 2. The van der Waals surface area contributed by atoms with Gasteiger partial charge >= 0.3 is 5.97 Å². The van der Waals surface area contributed by atoms with Crippen molar-refractivity contribution in [1.82, 2.24) is 10.6 Å². The molecule has 2 atom stereocenters. The molecule has 0 aliphatic heterocycles. The van der Waals surface area contributed by atoms with Crippen LogP contribution in [-0.4, -0.2) is 37.0 Å². The highest BCUT2D eigenvalue weighted by molar-refractivity contribution is 5.90. The highest BCUT2D eigenvalue weighted by Crippen LogP contribution is 2.16. The van der Waals surface area contributed by atoms with Crippen LogP contribution in [0.1, 0.15) is 43.9 Å². The highest BCUT2D eigenvalue weighted by Gasteiger charge is 2.28. The zero-order valence-electron chi connectivity index (χ0n) is 16.5. The summed E-state index contributed by atoms with van der Waals surface area (Å²) < 4.78 is 4.87. The molecule has 1 aromatic rings. The molecule has 1 aromatic carbocycles. The van der Waals surface area contributed by atoms with E-state index in [-0.39, 0.29) is 17.7 Å². The Bertz CT molecular complexity index is 635. The minimum Gasteiger partial charge on any atom is -0.467 e. The Morgan fingerprint density at radius 2 is 1.62 bits per heavy atom. The lowest BCUT2D eigenvalue weighted by Gasteiger charge is -2.24. The summed E-state index contributed by atoms with van der Waals surface area (Å²) in [6.45, 7) is 9.25. The smallest absolute Gasteiger partial charge is 0.328 e. The van der Waals surface area contributed by atoms with Gasteiger partial charge in [-0.05, 0) is 42.9 Å². The van der Waals surface area contributed by atoms with Crippen molar-refractivity contribution in [2.24, 2.45) is 5.92 Å². The fourth-order valence-electron chi connectivity index (χ4n) is 2.93. The summed E-state index contributed by atoms with van der Waals surface area (Å²) >= 11 is 0. The molecule has 0 bridgehead atoms. The number of benzene rings is 1. The van der Waals surface area contributed by atoms with E-state index in [1.807, 2.05) is 45.9 Å². The van der Waals surface area contributed by atoms with Crippen molar-refractivity contribution in [2.75, 3.05) is 7.11 Å². The summed E-state index contributed by atoms with van der Waals surface area (Å²) in [6.07, 6.45) is 0.827. The SMILES string of the molecule is COC(=O)[C@H](Cc1c(C)cccc1C)NC(=O)[C@H](CC(C)C)NC(C)=O. The topological polar surface area (TPSA) is 84.5 Å². The third kappa shape index (κ3) is 6.50. The summed E-state index contributed by atoms with van der Waals surface area (Å²) in [4.78, 5) is 36.3. The van der Waals surface area contributed by atoms with E-state index in [2.05, 4.69) is 10.6 Å². The van der Waals surface area contributed by atoms with Crippen LogP contribution in [0.4, 0.5) is 0 Å². The molecule has 0 aliphatic carbocycles. The number of carbonyl (C=O) groups is 3. The van der Waals surface area contributed by atoms with Crippen LogP contribution >= 0.6 is 0 Å². The number of hydrogen-bond donors (Lipinski definition) is 2. The average Bonchev–Trinajstić information content (AvgIpc) is 2.54. The Labute approximate surface area is 155 Å². The minimum atomic E-state index is -0.810. The molecular formula is C20H30N2O4. The van der Waals surface area contributed by atoms with Gasteiger partial charge in [0.2, 0.25) is 11.8 Å². The molecule has 0 unspecified atom stereocenters. The predicted molar refractivity (Wildman–Crippen MR) is 101 cm³/mol. The minimum absolute atomic E-state index is 0.216. The van der Waals surface area contributed by atoms with Crippen molar-refractivity contribution in [3.63, 3.8) is 0 Å². The van der Waals surface area contributed by atoms with Crippen molar-refractivity contribution in [1.29, 1.82) is 0 Å².